The maximum absolute atomic E-state index is 10.6. The van der Waals surface area contributed by atoms with Gasteiger partial charge in [-0.25, -0.2) is 9.67 Å². The topological polar surface area (TPSA) is 68.0 Å². The van der Waals surface area contributed by atoms with Crippen LogP contribution < -0.4 is 0 Å². The Morgan fingerprint density at radius 3 is 2.71 bits per heavy atom. The van der Waals surface area contributed by atoms with Crippen molar-refractivity contribution in [3.8, 4) is 11.4 Å². The van der Waals surface area contributed by atoms with E-state index in [0.717, 1.165) is 5.69 Å². The number of halogens is 1. The van der Waals surface area contributed by atoms with E-state index in [9.17, 15) is 4.79 Å². The van der Waals surface area contributed by atoms with Gasteiger partial charge in [-0.15, -0.1) is 0 Å². The average molecular weight is 252 g/mol. The molecule has 2 aromatic rings. The second-order valence-electron chi connectivity index (χ2n) is 3.48. The molecule has 0 amide bonds. The molecule has 0 unspecified atom stereocenters. The third kappa shape index (κ3) is 3.04. The number of phenolic OH excluding ortho intramolecular Hbond substituents is 1. The van der Waals surface area contributed by atoms with Crippen molar-refractivity contribution in [1.29, 1.82) is 0 Å². The fourth-order valence-corrected chi connectivity index (χ4v) is 1.45. The van der Waals surface area contributed by atoms with Crippen LogP contribution in [0.5, 0.6) is 5.75 Å². The Morgan fingerprint density at radius 1 is 1.35 bits per heavy atom. The summed E-state index contributed by atoms with van der Waals surface area (Å²) in [5.41, 5.74) is 0.791. The molecule has 0 bridgehead atoms. The van der Waals surface area contributed by atoms with E-state index < -0.39 is 5.24 Å². The highest BCUT2D eigenvalue weighted by atomic mass is 35.5. The van der Waals surface area contributed by atoms with Crippen molar-refractivity contribution < 1.29 is 9.90 Å². The maximum Gasteiger partial charge on any atom is 0.222 e. The number of aromatic nitrogens is 3. The molecule has 88 valence electrons. The van der Waals surface area contributed by atoms with Crippen molar-refractivity contribution in [2.24, 2.45) is 0 Å². The molecule has 1 aromatic heterocycles. The lowest BCUT2D eigenvalue weighted by atomic mass is 10.3. The van der Waals surface area contributed by atoms with E-state index in [0.29, 0.717) is 12.2 Å². The molecule has 0 aliphatic heterocycles. The smallest absolute Gasteiger partial charge is 0.222 e. The first-order valence-corrected chi connectivity index (χ1v) is 5.41. The van der Waals surface area contributed by atoms with E-state index in [-0.39, 0.29) is 12.2 Å². The highest BCUT2D eigenvalue weighted by molar-refractivity contribution is 6.63. The van der Waals surface area contributed by atoms with Gasteiger partial charge in [-0.2, -0.15) is 5.10 Å². The van der Waals surface area contributed by atoms with Crippen LogP contribution in [0.15, 0.2) is 30.6 Å². The van der Waals surface area contributed by atoms with Crippen LogP contribution in [0.4, 0.5) is 0 Å². The number of benzene rings is 1. The quantitative estimate of drug-likeness (QED) is 0.840. The van der Waals surface area contributed by atoms with Crippen LogP contribution in [-0.4, -0.2) is 25.1 Å². The van der Waals surface area contributed by atoms with Gasteiger partial charge >= 0.3 is 0 Å². The monoisotopic (exact) mass is 251 g/mol. The summed E-state index contributed by atoms with van der Waals surface area (Å²) in [6.45, 7) is 0. The fourth-order valence-electron chi connectivity index (χ4n) is 1.35. The first kappa shape index (κ1) is 11.6. The summed E-state index contributed by atoms with van der Waals surface area (Å²) in [4.78, 5) is 14.7. The highest BCUT2D eigenvalue weighted by Gasteiger charge is 2.05. The minimum atomic E-state index is -0.397. The van der Waals surface area contributed by atoms with Gasteiger partial charge in [-0.3, -0.25) is 4.79 Å². The molecule has 0 fully saturated rings. The van der Waals surface area contributed by atoms with Crippen LogP contribution in [0, 0.1) is 0 Å². The Balaban J connectivity index is 2.12. The van der Waals surface area contributed by atoms with E-state index in [2.05, 4.69) is 10.1 Å². The molecule has 1 heterocycles. The molecule has 5 nitrogen and oxygen atoms in total. The molecule has 17 heavy (non-hydrogen) atoms. The Morgan fingerprint density at radius 2 is 2.06 bits per heavy atom. The van der Waals surface area contributed by atoms with Crippen molar-refractivity contribution in [2.75, 3.05) is 0 Å². The molecule has 1 aromatic carbocycles. The molecule has 6 heteroatoms. The standard InChI is InChI=1S/C11H10ClN3O2/c12-10(17)5-6-11-13-7-15(14-11)8-1-3-9(16)4-2-8/h1-4,7,16H,5-6H2. The SMILES string of the molecule is O=C(Cl)CCc1ncn(-c2ccc(O)cc2)n1. The Bertz CT molecular complexity index is 522. The van der Waals surface area contributed by atoms with Gasteiger partial charge in [0.1, 0.15) is 12.1 Å². The third-order valence-corrected chi connectivity index (χ3v) is 2.39. The van der Waals surface area contributed by atoms with Crippen molar-refractivity contribution in [1.82, 2.24) is 14.8 Å². The normalized spacial score (nSPS) is 10.4. The summed E-state index contributed by atoms with van der Waals surface area (Å²) in [6.07, 6.45) is 2.20. The van der Waals surface area contributed by atoms with Crippen LogP contribution in [0.2, 0.25) is 0 Å². The Kier molecular flexibility index (Phi) is 3.39. The number of carbonyl (C=O) groups excluding carboxylic acids is 1. The van der Waals surface area contributed by atoms with Gasteiger partial charge in [0, 0.05) is 12.8 Å². The van der Waals surface area contributed by atoms with Crippen LogP contribution in [0.3, 0.4) is 0 Å². The summed E-state index contributed by atoms with van der Waals surface area (Å²) < 4.78 is 1.58. The number of aromatic hydroxyl groups is 1. The molecule has 0 saturated carbocycles. The van der Waals surface area contributed by atoms with Crippen molar-refractivity contribution in [2.45, 2.75) is 12.8 Å². The van der Waals surface area contributed by atoms with Gasteiger partial charge in [0.05, 0.1) is 5.69 Å². The Labute approximate surface area is 103 Å². The minimum absolute atomic E-state index is 0.196. The van der Waals surface area contributed by atoms with Gasteiger partial charge < -0.3 is 5.11 Å². The zero-order valence-electron chi connectivity index (χ0n) is 8.88. The summed E-state index contributed by atoms with van der Waals surface area (Å²) in [7, 11) is 0. The zero-order chi connectivity index (χ0) is 12.3. The lowest BCUT2D eigenvalue weighted by molar-refractivity contribution is -0.111. The van der Waals surface area contributed by atoms with Gasteiger partial charge in [0.15, 0.2) is 5.82 Å². The lowest BCUT2D eigenvalue weighted by Gasteiger charge is -1.99. The van der Waals surface area contributed by atoms with Gasteiger partial charge in [-0.1, -0.05) is 0 Å². The largest absolute Gasteiger partial charge is 0.508 e. The average Bonchev–Trinajstić information content (AvgIpc) is 2.76. The number of carbonyl (C=O) groups is 1. The van der Waals surface area contributed by atoms with Gasteiger partial charge in [-0.05, 0) is 35.9 Å². The van der Waals surface area contributed by atoms with E-state index >= 15 is 0 Å². The van der Waals surface area contributed by atoms with Crippen molar-refractivity contribution in [3.05, 3.63) is 36.4 Å². The Hall–Kier alpha value is -1.88. The molecular weight excluding hydrogens is 242 g/mol. The van der Waals surface area contributed by atoms with E-state index in [1.54, 1.807) is 35.3 Å². The number of aryl methyl sites for hydroxylation is 1. The van der Waals surface area contributed by atoms with Crippen LogP contribution in [-0.2, 0) is 11.2 Å². The molecule has 0 spiro atoms. The van der Waals surface area contributed by atoms with Crippen molar-refractivity contribution in [3.63, 3.8) is 0 Å². The second kappa shape index (κ2) is 4.97. The number of phenols is 1. The van der Waals surface area contributed by atoms with Crippen molar-refractivity contribution >= 4 is 16.8 Å². The van der Waals surface area contributed by atoms with Gasteiger partial charge in [0.2, 0.25) is 5.24 Å². The molecule has 0 aliphatic carbocycles. The number of rotatable bonds is 4. The number of nitrogens with zero attached hydrogens (tertiary/aromatic N) is 3. The molecule has 0 aliphatic rings. The molecule has 0 saturated heterocycles. The van der Waals surface area contributed by atoms with Crippen LogP contribution >= 0.6 is 11.6 Å². The first-order chi connectivity index (χ1) is 8.15. The number of hydrogen-bond donors (Lipinski definition) is 1. The highest BCUT2D eigenvalue weighted by Crippen LogP contribution is 2.12. The van der Waals surface area contributed by atoms with E-state index in [1.807, 2.05) is 0 Å². The lowest BCUT2D eigenvalue weighted by Crippen LogP contribution is -1.97. The fraction of sp³-hybridized carbons (Fsp3) is 0.182. The minimum Gasteiger partial charge on any atom is -0.508 e. The predicted molar refractivity (Wildman–Crippen MR) is 62.2 cm³/mol. The maximum atomic E-state index is 10.6. The summed E-state index contributed by atoms with van der Waals surface area (Å²) in [5, 5.41) is 13.0. The molecule has 0 atom stereocenters. The van der Waals surface area contributed by atoms with Crippen LogP contribution in [0.1, 0.15) is 12.2 Å². The molecular formula is C11H10ClN3O2. The summed E-state index contributed by atoms with van der Waals surface area (Å²) in [5.74, 6) is 0.758. The second-order valence-corrected chi connectivity index (χ2v) is 3.90. The van der Waals surface area contributed by atoms with E-state index in [1.165, 1.54) is 0 Å². The third-order valence-electron chi connectivity index (χ3n) is 2.20. The van der Waals surface area contributed by atoms with Crippen LogP contribution in [0.25, 0.3) is 5.69 Å². The summed E-state index contributed by atoms with van der Waals surface area (Å²) >= 11 is 5.24. The molecule has 2 rings (SSSR count). The summed E-state index contributed by atoms with van der Waals surface area (Å²) in [6, 6.07) is 6.58. The predicted octanol–water partition coefficient (Wildman–Crippen LogP) is 1.67. The number of hydrogen-bond acceptors (Lipinski definition) is 4. The van der Waals surface area contributed by atoms with E-state index in [4.69, 9.17) is 16.7 Å². The van der Waals surface area contributed by atoms with Gasteiger partial charge in [0.25, 0.3) is 0 Å². The molecule has 1 N–H and O–H groups in total. The first-order valence-electron chi connectivity index (χ1n) is 5.03. The zero-order valence-corrected chi connectivity index (χ0v) is 9.63. The molecule has 0 radical (unpaired) electrons.